The van der Waals surface area contributed by atoms with Gasteiger partial charge in [-0.15, -0.1) is 0 Å². The van der Waals surface area contributed by atoms with Gasteiger partial charge in [-0.3, -0.25) is 4.79 Å². The topological polar surface area (TPSA) is 71.6 Å². The van der Waals surface area contributed by atoms with Crippen LogP contribution in [0.3, 0.4) is 0 Å². The third-order valence-electron chi connectivity index (χ3n) is 5.40. The molecule has 1 aliphatic rings. The highest BCUT2D eigenvalue weighted by Crippen LogP contribution is 2.32. The Bertz CT molecular complexity index is 1160. The van der Waals surface area contributed by atoms with Crippen molar-refractivity contribution in [3.8, 4) is 5.75 Å². The normalized spacial score (nSPS) is 13.4. The first-order chi connectivity index (χ1) is 14.5. The molecule has 1 amide bonds. The molecule has 0 spiro atoms. The lowest BCUT2D eigenvalue weighted by Gasteiger charge is -2.19. The number of aromatic nitrogens is 1. The van der Waals surface area contributed by atoms with Gasteiger partial charge in [0.1, 0.15) is 5.75 Å². The predicted molar refractivity (Wildman–Crippen MR) is 115 cm³/mol. The first-order valence-corrected chi connectivity index (χ1v) is 9.98. The number of ether oxygens (including phenoxy) is 2. The summed E-state index contributed by atoms with van der Waals surface area (Å²) in [5.74, 6) is -0.0143. The number of aryl methyl sites for hydroxylation is 1. The van der Waals surface area contributed by atoms with E-state index in [1.54, 1.807) is 31.2 Å². The van der Waals surface area contributed by atoms with Gasteiger partial charge in [0.25, 0.3) is 5.91 Å². The third kappa shape index (κ3) is 3.45. The first-order valence-electron chi connectivity index (χ1n) is 9.98. The van der Waals surface area contributed by atoms with Crippen LogP contribution in [0.25, 0.3) is 16.5 Å². The van der Waals surface area contributed by atoms with Crippen molar-refractivity contribution in [3.63, 3.8) is 0 Å². The fourth-order valence-electron chi connectivity index (χ4n) is 3.84. The summed E-state index contributed by atoms with van der Waals surface area (Å²) < 4.78 is 10.6. The molecule has 0 unspecified atom stereocenters. The predicted octanol–water partition coefficient (Wildman–Crippen LogP) is 4.09. The van der Waals surface area contributed by atoms with Crippen molar-refractivity contribution < 1.29 is 19.1 Å². The van der Waals surface area contributed by atoms with E-state index in [-0.39, 0.29) is 12.5 Å². The molecule has 2 aromatic carbocycles. The average Bonchev–Trinajstić information content (AvgIpc) is 3.01. The minimum Gasteiger partial charge on any atom is -0.497 e. The SMILES string of the molecule is CCOC(=O)C1=CN(C(=O)c2cc(OC)ccc2C)CCc2c1[nH]c1ccccc21. The lowest BCUT2D eigenvalue weighted by atomic mass is 10.0. The standard InChI is InChI=1S/C24H24N2O4/c1-4-30-24(28)20-14-26(23(27)19-13-16(29-3)10-9-15(19)2)12-11-18-17-7-5-6-8-21(17)25-22(18)20/h5-10,13-14,25H,4,11-12H2,1-3H3. The van der Waals surface area contributed by atoms with Gasteiger partial charge in [-0.1, -0.05) is 24.3 Å². The molecule has 6 nitrogen and oxygen atoms in total. The van der Waals surface area contributed by atoms with E-state index >= 15 is 0 Å². The number of methoxy groups -OCH3 is 1. The van der Waals surface area contributed by atoms with E-state index in [1.165, 1.54) is 0 Å². The van der Waals surface area contributed by atoms with Crippen LogP contribution in [0.2, 0.25) is 0 Å². The molecule has 0 saturated carbocycles. The number of carbonyl (C=O) groups excluding carboxylic acids is 2. The number of hydrogen-bond donors (Lipinski definition) is 1. The lowest BCUT2D eigenvalue weighted by molar-refractivity contribution is -0.136. The molecule has 6 heteroatoms. The van der Waals surface area contributed by atoms with Gasteiger partial charge < -0.3 is 19.4 Å². The zero-order valence-corrected chi connectivity index (χ0v) is 17.3. The van der Waals surface area contributed by atoms with Gasteiger partial charge in [0.2, 0.25) is 0 Å². The fourth-order valence-corrected chi connectivity index (χ4v) is 3.84. The molecule has 4 rings (SSSR count). The number of nitrogens with zero attached hydrogens (tertiary/aromatic N) is 1. The summed E-state index contributed by atoms with van der Waals surface area (Å²) in [7, 11) is 1.57. The first kappa shape index (κ1) is 19.8. The number of carbonyl (C=O) groups is 2. The summed E-state index contributed by atoms with van der Waals surface area (Å²) in [4.78, 5) is 31.1. The Kier molecular flexibility index (Phi) is 5.31. The van der Waals surface area contributed by atoms with E-state index in [1.807, 2.05) is 43.3 Å². The number of benzene rings is 2. The number of nitrogens with one attached hydrogen (secondary N) is 1. The Morgan fingerprint density at radius 1 is 1.17 bits per heavy atom. The van der Waals surface area contributed by atoms with Crippen LogP contribution in [-0.4, -0.2) is 42.0 Å². The van der Waals surface area contributed by atoms with Gasteiger partial charge in [0, 0.05) is 29.2 Å². The quantitative estimate of drug-likeness (QED) is 0.665. The zero-order chi connectivity index (χ0) is 21.3. The third-order valence-corrected chi connectivity index (χ3v) is 5.40. The Balaban J connectivity index is 1.80. The van der Waals surface area contributed by atoms with Gasteiger partial charge in [0.05, 0.1) is 25.0 Å². The van der Waals surface area contributed by atoms with E-state index in [9.17, 15) is 9.59 Å². The van der Waals surface area contributed by atoms with Crippen LogP contribution >= 0.6 is 0 Å². The number of esters is 1. The molecule has 0 bridgehead atoms. The molecule has 1 aliphatic heterocycles. The molecule has 0 fully saturated rings. The molecule has 1 aromatic heterocycles. The molecular formula is C24H24N2O4. The van der Waals surface area contributed by atoms with Crippen LogP contribution in [0, 0.1) is 6.92 Å². The zero-order valence-electron chi connectivity index (χ0n) is 17.3. The average molecular weight is 404 g/mol. The summed E-state index contributed by atoms with van der Waals surface area (Å²) >= 11 is 0. The summed E-state index contributed by atoms with van der Waals surface area (Å²) in [6.45, 7) is 4.36. The van der Waals surface area contributed by atoms with Gasteiger partial charge in [-0.25, -0.2) is 4.79 Å². The van der Waals surface area contributed by atoms with E-state index in [4.69, 9.17) is 9.47 Å². The van der Waals surface area contributed by atoms with Crippen LogP contribution in [0.5, 0.6) is 5.75 Å². The van der Waals surface area contributed by atoms with Crippen LogP contribution in [0.4, 0.5) is 0 Å². The number of amides is 1. The molecule has 30 heavy (non-hydrogen) atoms. The summed E-state index contributed by atoms with van der Waals surface area (Å²) in [5, 5.41) is 1.05. The number of aromatic amines is 1. The molecular weight excluding hydrogens is 380 g/mol. The van der Waals surface area contributed by atoms with Gasteiger partial charge >= 0.3 is 5.97 Å². The van der Waals surface area contributed by atoms with Crippen molar-refractivity contribution in [2.75, 3.05) is 20.3 Å². The molecule has 0 atom stereocenters. The minimum atomic E-state index is -0.452. The molecule has 0 radical (unpaired) electrons. The highest BCUT2D eigenvalue weighted by atomic mass is 16.5. The molecule has 3 aromatic rings. The second-order valence-corrected chi connectivity index (χ2v) is 7.22. The molecule has 1 N–H and O–H groups in total. The Labute approximate surface area is 175 Å². The number of hydrogen-bond acceptors (Lipinski definition) is 4. The smallest absolute Gasteiger partial charge is 0.341 e. The summed E-state index contributed by atoms with van der Waals surface area (Å²) in [6.07, 6.45) is 2.23. The van der Waals surface area contributed by atoms with Crippen LogP contribution < -0.4 is 4.74 Å². The van der Waals surface area contributed by atoms with E-state index < -0.39 is 5.97 Å². The van der Waals surface area contributed by atoms with Crippen molar-refractivity contribution >= 4 is 28.4 Å². The van der Waals surface area contributed by atoms with Crippen molar-refractivity contribution in [2.45, 2.75) is 20.3 Å². The monoisotopic (exact) mass is 404 g/mol. The number of para-hydroxylation sites is 1. The molecule has 0 saturated heterocycles. The highest BCUT2D eigenvalue weighted by molar-refractivity contribution is 6.18. The van der Waals surface area contributed by atoms with Crippen molar-refractivity contribution in [1.82, 2.24) is 9.88 Å². The highest BCUT2D eigenvalue weighted by Gasteiger charge is 2.28. The van der Waals surface area contributed by atoms with Crippen LogP contribution in [0.15, 0.2) is 48.7 Å². The second kappa shape index (κ2) is 8.06. The summed E-state index contributed by atoms with van der Waals surface area (Å²) in [5.41, 5.74) is 4.44. The van der Waals surface area contributed by atoms with Gasteiger partial charge in [-0.2, -0.15) is 0 Å². The van der Waals surface area contributed by atoms with Crippen molar-refractivity contribution in [3.05, 3.63) is 71.0 Å². The maximum absolute atomic E-state index is 13.4. The van der Waals surface area contributed by atoms with Gasteiger partial charge in [-0.05, 0) is 49.6 Å². The second-order valence-electron chi connectivity index (χ2n) is 7.22. The van der Waals surface area contributed by atoms with Crippen LogP contribution in [0.1, 0.15) is 34.1 Å². The Morgan fingerprint density at radius 3 is 2.73 bits per heavy atom. The van der Waals surface area contributed by atoms with E-state index in [0.29, 0.717) is 35.5 Å². The van der Waals surface area contributed by atoms with Crippen LogP contribution in [-0.2, 0) is 16.0 Å². The number of fused-ring (bicyclic) bond motifs is 3. The summed E-state index contributed by atoms with van der Waals surface area (Å²) in [6, 6.07) is 13.3. The molecule has 154 valence electrons. The van der Waals surface area contributed by atoms with Crippen molar-refractivity contribution in [2.24, 2.45) is 0 Å². The fraction of sp³-hybridized carbons (Fsp3) is 0.250. The Hall–Kier alpha value is -3.54. The number of H-pyrrole nitrogens is 1. The minimum absolute atomic E-state index is 0.178. The van der Waals surface area contributed by atoms with Crippen molar-refractivity contribution in [1.29, 1.82) is 0 Å². The number of rotatable bonds is 4. The van der Waals surface area contributed by atoms with Gasteiger partial charge in [0.15, 0.2) is 0 Å². The molecule has 0 aliphatic carbocycles. The largest absolute Gasteiger partial charge is 0.497 e. The maximum atomic E-state index is 13.4. The lowest BCUT2D eigenvalue weighted by Crippen LogP contribution is -2.28. The van der Waals surface area contributed by atoms with E-state index in [2.05, 4.69) is 4.98 Å². The van der Waals surface area contributed by atoms with E-state index in [0.717, 1.165) is 22.0 Å². The molecule has 2 heterocycles. The Morgan fingerprint density at radius 2 is 1.97 bits per heavy atom. The maximum Gasteiger partial charge on any atom is 0.341 e.